The Morgan fingerprint density at radius 1 is 1.28 bits per heavy atom. The monoisotopic (exact) mass is 558 g/mol. The van der Waals surface area contributed by atoms with Crippen LogP contribution in [0.15, 0.2) is 60.8 Å². The van der Waals surface area contributed by atoms with Gasteiger partial charge in [-0.2, -0.15) is 15.4 Å². The number of aliphatic hydroxyl groups is 2. The Bertz CT molecular complexity index is 1470. The quantitative estimate of drug-likeness (QED) is 0.168. The lowest BCUT2D eigenvalue weighted by Gasteiger charge is -2.24. The van der Waals surface area contributed by atoms with E-state index >= 15 is 0 Å². The van der Waals surface area contributed by atoms with E-state index in [1.165, 1.54) is 35.7 Å². The van der Waals surface area contributed by atoms with Crippen LogP contribution in [0.4, 0.5) is 5.82 Å². The fourth-order valence-electron chi connectivity index (χ4n) is 3.81. The summed E-state index contributed by atoms with van der Waals surface area (Å²) < 4.78 is 36.8. The predicted octanol–water partition coefficient (Wildman–Crippen LogP) is 1.76. The number of benzene rings is 1. The second-order valence-corrected chi connectivity index (χ2v) is 10.5. The summed E-state index contributed by atoms with van der Waals surface area (Å²) in [5, 5.41) is 38.2. The number of rotatable bonds is 9. The van der Waals surface area contributed by atoms with Crippen LogP contribution in [0, 0.1) is 11.3 Å². The van der Waals surface area contributed by atoms with E-state index in [1.807, 2.05) is 6.07 Å². The van der Waals surface area contributed by atoms with Gasteiger partial charge >= 0.3 is 13.7 Å². The van der Waals surface area contributed by atoms with Gasteiger partial charge in [-0.3, -0.25) is 4.79 Å². The third-order valence-corrected chi connectivity index (χ3v) is 7.19. The summed E-state index contributed by atoms with van der Waals surface area (Å²) in [5.74, 6) is -0.883. The molecule has 0 saturated carbocycles. The van der Waals surface area contributed by atoms with Crippen molar-refractivity contribution in [1.29, 1.82) is 5.26 Å². The van der Waals surface area contributed by atoms with Crippen LogP contribution >= 0.6 is 7.75 Å². The Morgan fingerprint density at radius 3 is 2.67 bits per heavy atom. The summed E-state index contributed by atoms with van der Waals surface area (Å²) in [6.07, 6.45) is -2.10. The third kappa shape index (κ3) is 5.52. The number of nitrogens with zero attached hydrogens (tertiary/aromatic N) is 4. The van der Waals surface area contributed by atoms with Gasteiger partial charge in [-0.25, -0.2) is 14.1 Å². The number of hydrogen-bond acceptors (Lipinski definition) is 12. The van der Waals surface area contributed by atoms with E-state index < -0.39 is 49.4 Å². The Balaban J connectivity index is 1.65. The maximum Gasteiger partial charge on any atom is 0.513 e. The van der Waals surface area contributed by atoms with E-state index in [1.54, 1.807) is 32.0 Å². The molecule has 1 unspecified atom stereocenters. The first kappa shape index (κ1) is 27.9. The number of carbonyl (C=O) groups is 1. The highest BCUT2D eigenvalue weighted by Crippen LogP contribution is 2.47. The lowest BCUT2D eigenvalue weighted by molar-refractivity contribution is -0.149. The number of aromatic nitrogens is 3. The highest BCUT2D eigenvalue weighted by Gasteiger charge is 2.57. The molecule has 0 amide bonds. The number of ether oxygens (including phenoxy) is 2. The Morgan fingerprint density at radius 2 is 2.00 bits per heavy atom. The molecule has 3 heterocycles. The maximum atomic E-state index is 13.7. The van der Waals surface area contributed by atoms with Gasteiger partial charge in [0.2, 0.25) is 0 Å². The first-order valence-electron chi connectivity index (χ1n) is 11.8. The van der Waals surface area contributed by atoms with Gasteiger partial charge in [0, 0.05) is 0 Å². The number of nitrogen functional groups attached to an aromatic ring is 1. The number of nitrogens with two attached hydrogens (primary N) is 1. The molecule has 1 saturated heterocycles. The molecule has 39 heavy (non-hydrogen) atoms. The molecule has 1 aliphatic heterocycles. The number of carbonyl (C=O) groups excluding carboxylic acids is 1. The zero-order chi connectivity index (χ0) is 28.4. The number of para-hydroxylation sites is 1. The SMILES string of the molecule is CC(C)OC(=O)[C@H](C)NP(=O)(O/C=C1/O[C@@](C#N)(c2ccc3c(N)ncnn23)[C@H](O)[C@@H]1O)Oc1ccccc1. The van der Waals surface area contributed by atoms with Gasteiger partial charge in [-0.05, 0) is 45.0 Å². The van der Waals surface area contributed by atoms with Crippen LogP contribution < -0.4 is 15.3 Å². The van der Waals surface area contributed by atoms with Crippen molar-refractivity contribution in [2.45, 2.75) is 50.7 Å². The molecule has 3 aromatic rings. The van der Waals surface area contributed by atoms with Gasteiger partial charge in [-0.15, -0.1) is 0 Å². The van der Waals surface area contributed by atoms with E-state index in [2.05, 4.69) is 15.2 Å². The van der Waals surface area contributed by atoms with Crippen molar-refractivity contribution in [3.05, 3.63) is 66.5 Å². The van der Waals surface area contributed by atoms with E-state index in [0.29, 0.717) is 5.52 Å². The summed E-state index contributed by atoms with van der Waals surface area (Å²) in [6, 6.07) is 11.7. The van der Waals surface area contributed by atoms with Gasteiger partial charge in [-0.1, -0.05) is 18.2 Å². The number of esters is 1. The molecule has 0 aliphatic carbocycles. The summed E-state index contributed by atoms with van der Waals surface area (Å²) in [5.41, 5.74) is 4.11. The zero-order valence-electron chi connectivity index (χ0n) is 21.2. The number of nitriles is 1. The van der Waals surface area contributed by atoms with Crippen molar-refractivity contribution in [2.75, 3.05) is 5.73 Å². The van der Waals surface area contributed by atoms with E-state index in [0.717, 1.165) is 12.6 Å². The van der Waals surface area contributed by atoms with Crippen LogP contribution in [0.25, 0.3) is 5.52 Å². The Kier molecular flexibility index (Phi) is 7.80. The summed E-state index contributed by atoms with van der Waals surface area (Å²) >= 11 is 0. The van der Waals surface area contributed by atoms with Crippen LogP contribution in [0.3, 0.4) is 0 Å². The average Bonchev–Trinajstić information content (AvgIpc) is 3.44. The second kappa shape index (κ2) is 10.9. The molecule has 14 nitrogen and oxygen atoms in total. The van der Waals surface area contributed by atoms with Crippen molar-refractivity contribution in [3.63, 3.8) is 0 Å². The molecule has 15 heteroatoms. The second-order valence-electron chi connectivity index (χ2n) is 8.86. The number of anilines is 1. The predicted molar refractivity (Wildman–Crippen MR) is 135 cm³/mol. The van der Waals surface area contributed by atoms with Crippen LogP contribution in [-0.2, 0) is 29.0 Å². The third-order valence-electron chi connectivity index (χ3n) is 5.65. The van der Waals surface area contributed by atoms with Gasteiger partial charge < -0.3 is 34.5 Å². The minimum Gasteiger partial charge on any atom is -0.462 e. The van der Waals surface area contributed by atoms with Crippen LogP contribution in [0.2, 0.25) is 0 Å². The van der Waals surface area contributed by atoms with Gasteiger partial charge in [0.05, 0.1) is 6.10 Å². The number of fused-ring (bicyclic) bond motifs is 1. The van der Waals surface area contributed by atoms with E-state index in [9.17, 15) is 24.8 Å². The topological polar surface area (TPSA) is 204 Å². The normalized spacial score (nSPS) is 24.1. The molecule has 0 bridgehead atoms. The first-order valence-corrected chi connectivity index (χ1v) is 13.3. The minimum absolute atomic E-state index is 0.0518. The van der Waals surface area contributed by atoms with E-state index in [4.69, 9.17) is 24.3 Å². The van der Waals surface area contributed by atoms with Crippen molar-refractivity contribution in [2.24, 2.45) is 0 Å². The summed E-state index contributed by atoms with van der Waals surface area (Å²) in [4.78, 5) is 16.2. The Hall–Kier alpha value is -4.15. The fourth-order valence-corrected chi connectivity index (χ4v) is 5.18. The highest BCUT2D eigenvalue weighted by atomic mass is 31.2. The Labute approximate surface area is 223 Å². The number of nitrogens with one attached hydrogen (secondary N) is 1. The lowest BCUT2D eigenvalue weighted by atomic mass is 9.93. The van der Waals surface area contributed by atoms with Crippen LogP contribution in [0.5, 0.6) is 5.75 Å². The fraction of sp³-hybridized carbons (Fsp3) is 0.333. The largest absolute Gasteiger partial charge is 0.513 e. The van der Waals surface area contributed by atoms with Gasteiger partial charge in [0.25, 0.3) is 5.60 Å². The average molecular weight is 558 g/mol. The molecule has 1 aliphatic rings. The zero-order valence-corrected chi connectivity index (χ0v) is 22.1. The maximum absolute atomic E-state index is 13.7. The smallest absolute Gasteiger partial charge is 0.462 e. The highest BCUT2D eigenvalue weighted by molar-refractivity contribution is 7.52. The minimum atomic E-state index is -4.37. The van der Waals surface area contributed by atoms with Crippen molar-refractivity contribution < 1.29 is 38.1 Å². The molecule has 5 atom stereocenters. The van der Waals surface area contributed by atoms with Crippen molar-refractivity contribution in [3.8, 4) is 11.8 Å². The molecular weight excluding hydrogens is 531 g/mol. The molecular formula is C24H27N6O8P. The molecule has 4 rings (SSSR count). The first-order chi connectivity index (χ1) is 18.5. The molecule has 1 aromatic carbocycles. The molecule has 0 spiro atoms. The summed E-state index contributed by atoms with van der Waals surface area (Å²) in [7, 11) is -4.37. The van der Waals surface area contributed by atoms with Crippen molar-refractivity contribution in [1.82, 2.24) is 19.7 Å². The molecule has 5 N–H and O–H groups in total. The number of aliphatic hydroxyl groups excluding tert-OH is 2. The summed E-state index contributed by atoms with van der Waals surface area (Å²) in [6.45, 7) is 4.72. The van der Waals surface area contributed by atoms with Gasteiger partial charge in [0.1, 0.15) is 53.9 Å². The van der Waals surface area contributed by atoms with Gasteiger partial charge in [0.15, 0.2) is 11.6 Å². The molecule has 206 valence electrons. The molecule has 2 aromatic heterocycles. The molecule has 1 fully saturated rings. The van der Waals surface area contributed by atoms with Crippen LogP contribution in [-0.4, -0.2) is 55.1 Å². The standard InChI is InChI=1S/C24H27N6O8P/c1-14(2)36-23(33)15(3)29-39(34,38-16-7-5-4-6-8-16)35-11-18-20(31)21(32)24(12-25,37-18)19-10-9-17-22(26)27-13-28-30(17)19/h4-11,13-15,20-21,31-32H,1-3H3,(H,29,34)(H2,26,27,28)/b18-11+/t15-,20+,21+,24-,39?/m0/s1. The van der Waals surface area contributed by atoms with Crippen molar-refractivity contribution >= 4 is 25.1 Å². The van der Waals surface area contributed by atoms with E-state index in [-0.39, 0.29) is 17.3 Å². The lowest BCUT2D eigenvalue weighted by Crippen LogP contribution is -2.40. The van der Waals surface area contributed by atoms with Crippen LogP contribution in [0.1, 0.15) is 26.5 Å². The molecule has 0 radical (unpaired) electrons. The number of hydrogen-bond donors (Lipinski definition) is 4.